The molecule has 2 aromatic rings. The van der Waals surface area contributed by atoms with E-state index >= 15 is 0 Å². The third-order valence-corrected chi connectivity index (χ3v) is 4.52. The van der Waals surface area contributed by atoms with Crippen LogP contribution in [0, 0.1) is 0 Å². The van der Waals surface area contributed by atoms with E-state index in [2.05, 4.69) is 0 Å². The van der Waals surface area contributed by atoms with Crippen LogP contribution >= 0.6 is 0 Å². The van der Waals surface area contributed by atoms with Crippen LogP contribution in [0.2, 0.25) is 0 Å². The van der Waals surface area contributed by atoms with Crippen molar-refractivity contribution in [2.45, 2.75) is 5.92 Å². The molecule has 0 fully saturated rings. The summed E-state index contributed by atoms with van der Waals surface area (Å²) in [4.78, 5) is 12.6. The third-order valence-electron chi connectivity index (χ3n) is 4.52. The number of carbonyl (C=O) groups is 1. The highest BCUT2D eigenvalue weighted by atomic mass is 16.5. The zero-order valence-corrected chi connectivity index (χ0v) is 13.9. The molecule has 1 atom stereocenters. The van der Waals surface area contributed by atoms with Crippen molar-refractivity contribution in [1.82, 2.24) is 0 Å². The standard InChI is InChI=1S/C15H20N8O3/c1-25-14-10(21)5(16)3(6(17)11(14)22)2-4-7(18)8(19)9(20)12(23)13(4)26-15(2)24/h2H,16-23H2,1H3. The van der Waals surface area contributed by atoms with Crippen molar-refractivity contribution in [3.63, 3.8) is 0 Å². The summed E-state index contributed by atoms with van der Waals surface area (Å²) in [7, 11) is 1.36. The van der Waals surface area contributed by atoms with Gasteiger partial charge in [0.05, 0.1) is 35.5 Å². The average Bonchev–Trinajstić information content (AvgIpc) is 2.94. The van der Waals surface area contributed by atoms with Gasteiger partial charge in [-0.2, -0.15) is 0 Å². The van der Waals surface area contributed by atoms with E-state index in [0.717, 1.165) is 0 Å². The lowest BCUT2D eigenvalue weighted by atomic mass is 9.86. The van der Waals surface area contributed by atoms with Crippen molar-refractivity contribution in [2.24, 2.45) is 0 Å². The molecule has 0 radical (unpaired) electrons. The summed E-state index contributed by atoms with van der Waals surface area (Å²) in [6, 6.07) is 0. The van der Waals surface area contributed by atoms with Gasteiger partial charge < -0.3 is 55.3 Å². The van der Waals surface area contributed by atoms with Gasteiger partial charge in [-0.15, -0.1) is 0 Å². The number of hydrogen-bond donors (Lipinski definition) is 8. The van der Waals surface area contributed by atoms with E-state index in [9.17, 15) is 4.79 Å². The van der Waals surface area contributed by atoms with E-state index in [1.807, 2.05) is 0 Å². The molecular formula is C15H20N8O3. The van der Waals surface area contributed by atoms with Gasteiger partial charge in [-0.25, -0.2) is 0 Å². The molecule has 0 aromatic heterocycles. The second-order valence-electron chi connectivity index (χ2n) is 5.85. The zero-order chi connectivity index (χ0) is 19.5. The molecule has 11 heteroatoms. The second-order valence-corrected chi connectivity index (χ2v) is 5.85. The highest BCUT2D eigenvalue weighted by Gasteiger charge is 2.42. The van der Waals surface area contributed by atoms with Crippen LogP contribution in [-0.4, -0.2) is 13.1 Å². The largest absolute Gasteiger partial charge is 0.492 e. The highest BCUT2D eigenvalue weighted by molar-refractivity contribution is 6.05. The number of fused-ring (bicyclic) bond motifs is 1. The minimum atomic E-state index is -1.12. The third kappa shape index (κ3) is 1.90. The van der Waals surface area contributed by atoms with Crippen molar-refractivity contribution in [3.05, 3.63) is 11.1 Å². The molecular weight excluding hydrogens is 340 g/mol. The predicted octanol–water partition coefficient (Wildman–Crippen LogP) is -0.596. The van der Waals surface area contributed by atoms with E-state index in [4.69, 9.17) is 55.3 Å². The van der Waals surface area contributed by atoms with E-state index in [1.54, 1.807) is 0 Å². The van der Waals surface area contributed by atoms with Crippen LogP contribution in [0.25, 0.3) is 0 Å². The van der Waals surface area contributed by atoms with Crippen LogP contribution in [-0.2, 0) is 4.79 Å². The average molecular weight is 360 g/mol. The van der Waals surface area contributed by atoms with E-state index < -0.39 is 11.9 Å². The quantitative estimate of drug-likeness (QED) is 0.191. The van der Waals surface area contributed by atoms with Gasteiger partial charge in [-0.05, 0) is 0 Å². The molecule has 1 aliphatic heterocycles. The molecule has 2 aromatic carbocycles. The molecule has 0 bridgehead atoms. The van der Waals surface area contributed by atoms with Crippen LogP contribution in [0.4, 0.5) is 45.5 Å². The highest BCUT2D eigenvalue weighted by Crippen LogP contribution is 2.55. The van der Waals surface area contributed by atoms with Gasteiger partial charge in [0.15, 0.2) is 11.5 Å². The van der Waals surface area contributed by atoms with Gasteiger partial charge in [0.2, 0.25) is 0 Å². The number of benzene rings is 2. The molecule has 16 N–H and O–H groups in total. The molecule has 1 heterocycles. The Kier molecular flexibility index (Phi) is 3.46. The van der Waals surface area contributed by atoms with Crippen LogP contribution in [0.5, 0.6) is 11.5 Å². The number of rotatable bonds is 2. The Morgan fingerprint density at radius 2 is 1.15 bits per heavy atom. The lowest BCUT2D eigenvalue weighted by molar-refractivity contribution is -0.133. The smallest absolute Gasteiger partial charge is 0.323 e. The lowest BCUT2D eigenvalue weighted by Crippen LogP contribution is -2.19. The number of anilines is 8. The molecule has 0 spiro atoms. The number of nitrogen functional groups attached to an aromatic ring is 8. The topological polar surface area (TPSA) is 244 Å². The Bertz CT molecular complexity index is 944. The normalized spacial score (nSPS) is 15.6. The molecule has 0 amide bonds. The van der Waals surface area contributed by atoms with E-state index in [-0.39, 0.29) is 68.1 Å². The molecule has 0 saturated carbocycles. The molecule has 11 nitrogen and oxygen atoms in total. The second kappa shape index (κ2) is 5.31. The Morgan fingerprint density at radius 1 is 0.692 bits per heavy atom. The minimum Gasteiger partial charge on any atom is -0.492 e. The molecule has 0 saturated heterocycles. The summed E-state index contributed by atoms with van der Waals surface area (Å²) in [5.74, 6) is -1.72. The van der Waals surface area contributed by atoms with Gasteiger partial charge in [0.1, 0.15) is 23.0 Å². The maximum atomic E-state index is 12.6. The number of nitrogens with two attached hydrogens (primary N) is 8. The molecule has 0 aliphatic carbocycles. The maximum absolute atomic E-state index is 12.6. The van der Waals surface area contributed by atoms with Gasteiger partial charge in [0, 0.05) is 11.1 Å². The lowest BCUT2D eigenvalue weighted by Gasteiger charge is -2.21. The first-order valence-corrected chi connectivity index (χ1v) is 7.40. The van der Waals surface area contributed by atoms with Crippen molar-refractivity contribution >= 4 is 51.5 Å². The van der Waals surface area contributed by atoms with Crippen molar-refractivity contribution in [1.29, 1.82) is 0 Å². The summed E-state index contributed by atoms with van der Waals surface area (Å²) >= 11 is 0. The first-order chi connectivity index (χ1) is 12.1. The molecule has 3 rings (SSSR count). The SMILES string of the molecule is COc1c(N)c(N)c(C2C(=O)Oc3c(N)c(N)c(N)c(N)c32)c(N)c1N. The Morgan fingerprint density at radius 3 is 1.65 bits per heavy atom. The number of ether oxygens (including phenoxy) is 2. The van der Waals surface area contributed by atoms with Gasteiger partial charge >= 0.3 is 5.97 Å². The van der Waals surface area contributed by atoms with Gasteiger partial charge in [-0.1, -0.05) is 0 Å². The van der Waals surface area contributed by atoms with Gasteiger partial charge in [-0.3, -0.25) is 4.79 Å². The number of methoxy groups -OCH3 is 1. The fraction of sp³-hybridized carbons (Fsp3) is 0.133. The Labute approximate surface area is 148 Å². The van der Waals surface area contributed by atoms with Gasteiger partial charge in [0.25, 0.3) is 0 Å². The first kappa shape index (κ1) is 17.0. The number of carbonyl (C=O) groups excluding carboxylic acids is 1. The molecule has 1 aliphatic rings. The zero-order valence-electron chi connectivity index (χ0n) is 13.9. The Balaban J connectivity index is 2.38. The van der Waals surface area contributed by atoms with Crippen LogP contribution in [0.1, 0.15) is 17.0 Å². The monoisotopic (exact) mass is 360 g/mol. The fourth-order valence-electron chi connectivity index (χ4n) is 3.12. The summed E-state index contributed by atoms with van der Waals surface area (Å²) in [6.07, 6.45) is 0. The molecule has 1 unspecified atom stereocenters. The van der Waals surface area contributed by atoms with Crippen molar-refractivity contribution in [2.75, 3.05) is 53.0 Å². The maximum Gasteiger partial charge on any atom is 0.323 e. The van der Waals surface area contributed by atoms with Crippen LogP contribution in [0.3, 0.4) is 0 Å². The van der Waals surface area contributed by atoms with E-state index in [0.29, 0.717) is 0 Å². The van der Waals surface area contributed by atoms with Crippen LogP contribution < -0.4 is 55.3 Å². The number of hydrogen-bond acceptors (Lipinski definition) is 11. The van der Waals surface area contributed by atoms with Crippen molar-refractivity contribution < 1.29 is 14.3 Å². The summed E-state index contributed by atoms with van der Waals surface area (Å²) in [6.45, 7) is 0. The molecule has 26 heavy (non-hydrogen) atoms. The molecule has 138 valence electrons. The summed E-state index contributed by atoms with van der Waals surface area (Å²) in [5, 5.41) is 0. The predicted molar refractivity (Wildman–Crippen MR) is 102 cm³/mol. The number of esters is 1. The van der Waals surface area contributed by atoms with Crippen LogP contribution in [0.15, 0.2) is 0 Å². The summed E-state index contributed by atoms with van der Waals surface area (Å²) < 4.78 is 10.4. The first-order valence-electron chi connectivity index (χ1n) is 7.40. The summed E-state index contributed by atoms with van der Waals surface area (Å²) in [5.41, 5.74) is 48.4. The van der Waals surface area contributed by atoms with Crippen molar-refractivity contribution in [3.8, 4) is 11.5 Å². The Hall–Kier alpha value is -3.89. The minimum absolute atomic E-state index is 0.00542. The van der Waals surface area contributed by atoms with E-state index in [1.165, 1.54) is 7.11 Å². The fourth-order valence-corrected chi connectivity index (χ4v) is 3.12.